The molecule has 4 N–H and O–H groups in total. The minimum atomic E-state index is -0.745. The Labute approximate surface area is 216 Å². The van der Waals surface area contributed by atoms with E-state index in [4.69, 9.17) is 4.79 Å². The Hall–Kier alpha value is -3.54. The van der Waals surface area contributed by atoms with Gasteiger partial charge < -0.3 is 15.4 Å². The van der Waals surface area contributed by atoms with Gasteiger partial charge in [-0.05, 0) is 61.4 Å². The van der Waals surface area contributed by atoms with Crippen LogP contribution in [0.2, 0.25) is 0 Å². The van der Waals surface area contributed by atoms with Gasteiger partial charge in [0.2, 0.25) is 12.3 Å². The van der Waals surface area contributed by atoms with Gasteiger partial charge in [-0.25, -0.2) is 18.5 Å². The second kappa shape index (κ2) is 13.0. The highest BCUT2D eigenvalue weighted by Gasteiger charge is 2.24. The summed E-state index contributed by atoms with van der Waals surface area (Å²) in [6, 6.07) is 16.0. The Balaban J connectivity index is 0.00000115. The lowest BCUT2D eigenvalue weighted by molar-refractivity contribution is -0.119. The first-order valence-corrected chi connectivity index (χ1v) is 12.5. The molecular weight excluding hydrogens is 504 g/mol. The number of amides is 2. The van der Waals surface area contributed by atoms with Gasteiger partial charge in [0.15, 0.2) is 0 Å². The number of hydrogen-bond acceptors (Lipinski definition) is 7. The third kappa shape index (κ3) is 7.48. The second-order valence-electron chi connectivity index (χ2n) is 7.76. The van der Waals surface area contributed by atoms with Crippen molar-refractivity contribution in [3.8, 4) is 0 Å². The molecule has 0 fully saturated rings. The number of carbonyl (C=O) groups excluding carboxylic acids is 2. The number of aryl methyl sites for hydroxylation is 1. The molecule has 0 saturated heterocycles. The van der Waals surface area contributed by atoms with Crippen molar-refractivity contribution in [2.24, 2.45) is 5.73 Å². The summed E-state index contributed by atoms with van der Waals surface area (Å²) >= 11 is 2.67. The van der Waals surface area contributed by atoms with E-state index in [0.29, 0.717) is 11.3 Å². The number of anilines is 2. The zero-order valence-corrected chi connectivity index (χ0v) is 21.2. The summed E-state index contributed by atoms with van der Waals surface area (Å²) in [6.45, 7) is 2.00. The number of thiazole rings is 1. The number of fused-ring (bicyclic) bond motifs is 1. The Kier molecular flexibility index (Phi) is 9.74. The van der Waals surface area contributed by atoms with E-state index in [9.17, 15) is 13.6 Å². The molecule has 11 heteroatoms. The third-order valence-corrected chi connectivity index (χ3v) is 6.66. The van der Waals surface area contributed by atoms with E-state index in [0.717, 1.165) is 39.7 Å². The highest BCUT2D eigenvalue weighted by molar-refractivity contribution is 7.98. The van der Waals surface area contributed by atoms with Crippen molar-refractivity contribution in [2.45, 2.75) is 19.4 Å². The van der Waals surface area contributed by atoms with Crippen LogP contribution in [0.25, 0.3) is 10.2 Å². The average molecular weight is 530 g/mol. The lowest BCUT2D eigenvalue weighted by atomic mass is 10.0. The van der Waals surface area contributed by atoms with Gasteiger partial charge in [-0.1, -0.05) is 17.7 Å². The van der Waals surface area contributed by atoms with Crippen LogP contribution in [0, 0.1) is 18.6 Å². The fraction of sp³-hybridized carbons (Fsp3) is 0.160. The smallest absolute Gasteiger partial charge is 0.245 e. The molecule has 1 aromatic heterocycles. The lowest BCUT2D eigenvalue weighted by Crippen LogP contribution is -2.44. The van der Waals surface area contributed by atoms with Crippen LogP contribution in [0.1, 0.15) is 11.1 Å². The molecule has 1 atom stereocenters. The molecule has 0 bridgehead atoms. The number of primary amides is 1. The number of halogens is 2. The van der Waals surface area contributed by atoms with Crippen LogP contribution in [0.15, 0.2) is 66.2 Å². The quantitative estimate of drug-likeness (QED) is 0.224. The van der Waals surface area contributed by atoms with E-state index in [1.807, 2.05) is 49.4 Å². The van der Waals surface area contributed by atoms with Crippen LogP contribution in [0.4, 0.5) is 20.2 Å². The number of nitrogens with one attached hydrogen (secondary N) is 2. The van der Waals surface area contributed by atoms with Crippen molar-refractivity contribution < 1.29 is 18.4 Å². The molecule has 0 aliphatic rings. The largest absolute Gasteiger partial charge is 0.372 e. The Bertz CT molecular complexity index is 1300. The number of hydrogen-bond donors (Lipinski definition) is 3. The zero-order chi connectivity index (χ0) is 26.1. The van der Waals surface area contributed by atoms with E-state index in [2.05, 4.69) is 20.2 Å². The van der Waals surface area contributed by atoms with Crippen LogP contribution in [-0.4, -0.2) is 30.4 Å². The predicted molar refractivity (Wildman–Crippen MR) is 143 cm³/mol. The maximum absolute atomic E-state index is 13.7. The van der Waals surface area contributed by atoms with E-state index in [1.54, 1.807) is 12.6 Å². The van der Waals surface area contributed by atoms with Crippen LogP contribution in [-0.2, 0) is 16.0 Å². The van der Waals surface area contributed by atoms with Gasteiger partial charge in [-0.15, -0.1) is 11.3 Å². The van der Waals surface area contributed by atoms with Crippen molar-refractivity contribution >= 4 is 57.4 Å². The number of benzene rings is 3. The van der Waals surface area contributed by atoms with E-state index in [-0.39, 0.29) is 18.7 Å². The monoisotopic (exact) mass is 529 g/mol. The Morgan fingerprint density at radius 2 is 1.81 bits per heavy atom. The first kappa shape index (κ1) is 27.1. The molecule has 4 rings (SSSR count). The van der Waals surface area contributed by atoms with Gasteiger partial charge in [0, 0.05) is 36.6 Å². The molecule has 188 valence electrons. The molecule has 0 radical (unpaired) electrons. The predicted octanol–water partition coefficient (Wildman–Crippen LogP) is 4.82. The summed E-state index contributed by atoms with van der Waals surface area (Å²) in [6.07, 6.45) is 0.360. The lowest BCUT2D eigenvalue weighted by Gasteiger charge is -2.25. The molecule has 0 saturated carbocycles. The summed E-state index contributed by atoms with van der Waals surface area (Å²) in [5.41, 5.74) is 9.81. The van der Waals surface area contributed by atoms with E-state index >= 15 is 0 Å². The van der Waals surface area contributed by atoms with Gasteiger partial charge in [-0.2, -0.15) is 0 Å². The fourth-order valence-corrected chi connectivity index (χ4v) is 4.64. The summed E-state index contributed by atoms with van der Waals surface area (Å²) in [5, 5.41) is 0. The molecule has 36 heavy (non-hydrogen) atoms. The Morgan fingerprint density at radius 3 is 2.47 bits per heavy atom. The SMILES string of the molecule is Cc1ccc(NSNC(Cc2cc(F)cc(F)c2)C(=O)N(C)c2ccc3scnc3c2)cc1.NC=O. The molecule has 1 unspecified atom stereocenters. The molecule has 7 nitrogen and oxygen atoms in total. The maximum Gasteiger partial charge on any atom is 0.245 e. The number of nitrogens with two attached hydrogens (primary N) is 1. The number of likely N-dealkylation sites (N-methyl/N-ethyl adjacent to an activating group) is 1. The number of nitrogens with zero attached hydrogens (tertiary/aromatic N) is 2. The van der Waals surface area contributed by atoms with Gasteiger partial charge in [0.05, 0.1) is 15.7 Å². The molecule has 0 aliphatic heterocycles. The molecule has 3 aromatic carbocycles. The fourth-order valence-electron chi connectivity index (χ4n) is 3.34. The summed E-state index contributed by atoms with van der Waals surface area (Å²) in [4.78, 5) is 27.8. The van der Waals surface area contributed by atoms with Gasteiger partial charge >= 0.3 is 0 Å². The average Bonchev–Trinajstić information content (AvgIpc) is 3.31. The molecule has 4 aromatic rings. The maximum atomic E-state index is 13.7. The normalized spacial score (nSPS) is 11.3. The first-order valence-electron chi connectivity index (χ1n) is 10.8. The van der Waals surface area contributed by atoms with Crippen molar-refractivity contribution in [1.29, 1.82) is 0 Å². The molecular formula is C25H25F2N5O2S2. The summed E-state index contributed by atoms with van der Waals surface area (Å²) in [7, 11) is 1.68. The minimum Gasteiger partial charge on any atom is -0.372 e. The van der Waals surface area contributed by atoms with Crippen LogP contribution in [0.3, 0.4) is 0 Å². The van der Waals surface area contributed by atoms with Crippen LogP contribution >= 0.6 is 23.5 Å². The van der Waals surface area contributed by atoms with Gasteiger partial charge in [0.25, 0.3) is 0 Å². The molecule has 0 aliphatic carbocycles. The second-order valence-corrected chi connectivity index (χ2v) is 9.29. The van der Waals surface area contributed by atoms with Gasteiger partial charge in [0.1, 0.15) is 17.7 Å². The first-order chi connectivity index (χ1) is 17.3. The minimum absolute atomic E-state index is 0.110. The van der Waals surface area contributed by atoms with Crippen LogP contribution in [0.5, 0.6) is 0 Å². The van der Waals surface area contributed by atoms with Crippen molar-refractivity contribution in [3.63, 3.8) is 0 Å². The van der Waals surface area contributed by atoms with E-state index < -0.39 is 17.7 Å². The molecule has 1 heterocycles. The highest BCUT2D eigenvalue weighted by Crippen LogP contribution is 2.24. The zero-order valence-electron chi connectivity index (χ0n) is 19.6. The Morgan fingerprint density at radius 1 is 1.14 bits per heavy atom. The molecule has 0 spiro atoms. The van der Waals surface area contributed by atoms with Crippen molar-refractivity contribution in [2.75, 3.05) is 16.7 Å². The van der Waals surface area contributed by atoms with Crippen molar-refractivity contribution in [1.82, 2.24) is 9.71 Å². The topological polar surface area (TPSA) is 100 Å². The van der Waals surface area contributed by atoms with Crippen LogP contribution < -0.4 is 20.1 Å². The number of aromatic nitrogens is 1. The number of carbonyl (C=O) groups is 2. The number of rotatable bonds is 8. The third-order valence-electron chi connectivity index (χ3n) is 5.11. The standard InChI is InChI=1S/C24H22F2N4OS2.CH3NO/c1-15-3-5-19(6-4-15)28-33-29-22(11-16-9-17(25)12-18(26)10-16)24(31)30(2)20-7-8-23-21(13-20)27-14-32-23;2-1-3/h3-10,12-14,22,28-29H,11H2,1-2H3;1H,(H2,2,3). The van der Waals surface area contributed by atoms with Crippen molar-refractivity contribution in [3.05, 3.63) is 88.9 Å². The highest BCUT2D eigenvalue weighted by atomic mass is 32.2. The van der Waals surface area contributed by atoms with E-state index in [1.165, 1.54) is 28.4 Å². The molecule has 2 amide bonds. The summed E-state index contributed by atoms with van der Waals surface area (Å²) in [5.74, 6) is -1.60. The van der Waals surface area contributed by atoms with Gasteiger partial charge in [-0.3, -0.25) is 9.59 Å². The summed E-state index contributed by atoms with van der Waals surface area (Å²) < 4.78 is 34.8.